The summed E-state index contributed by atoms with van der Waals surface area (Å²) in [5, 5.41) is 3.38. The van der Waals surface area contributed by atoms with Crippen molar-refractivity contribution < 1.29 is 31.1 Å². The van der Waals surface area contributed by atoms with Gasteiger partial charge in [-0.25, -0.2) is 26.3 Å². The summed E-state index contributed by atoms with van der Waals surface area (Å²) >= 11 is 0. The van der Waals surface area contributed by atoms with Crippen LogP contribution in [-0.2, 0) is 10.7 Å². The Labute approximate surface area is 112 Å². The van der Waals surface area contributed by atoms with Gasteiger partial charge in [-0.1, -0.05) is 6.58 Å². The minimum atomic E-state index is -4.04. The normalized spacial score (nSPS) is 13.0. The van der Waals surface area contributed by atoms with E-state index in [4.69, 9.17) is 5.53 Å². The van der Waals surface area contributed by atoms with Crippen LogP contribution < -0.4 is 5.32 Å². The molecule has 21 heavy (non-hydrogen) atoms. The van der Waals surface area contributed by atoms with Gasteiger partial charge in [0.05, 0.1) is 5.56 Å². The number of amides is 1. The van der Waals surface area contributed by atoms with Gasteiger partial charge in [0, 0.05) is 4.91 Å². The van der Waals surface area contributed by atoms with Gasteiger partial charge in [-0.05, 0) is 16.7 Å². The Hall–Kier alpha value is -2.68. The second kappa shape index (κ2) is 5.75. The minimum Gasteiger partial charge on any atom is -0.312 e. The van der Waals surface area contributed by atoms with Gasteiger partial charge in [-0.3, -0.25) is 4.79 Å². The number of benzene rings is 1. The number of azide groups is 1. The van der Waals surface area contributed by atoms with Crippen LogP contribution in [0.15, 0.2) is 17.8 Å². The van der Waals surface area contributed by atoms with Gasteiger partial charge in [0.1, 0.15) is 0 Å². The second-order valence-corrected chi connectivity index (χ2v) is 3.45. The van der Waals surface area contributed by atoms with Crippen LogP contribution in [0, 0.1) is 29.1 Å². The van der Waals surface area contributed by atoms with Crippen molar-refractivity contribution in [3.63, 3.8) is 0 Å². The van der Waals surface area contributed by atoms with E-state index in [-0.39, 0.29) is 0 Å². The van der Waals surface area contributed by atoms with Crippen molar-refractivity contribution in [1.82, 2.24) is 5.32 Å². The molecule has 0 saturated carbocycles. The highest BCUT2D eigenvalue weighted by Crippen LogP contribution is 2.33. The van der Waals surface area contributed by atoms with Gasteiger partial charge >= 0.3 is 0 Å². The van der Waals surface area contributed by atoms with Crippen LogP contribution in [0.3, 0.4) is 0 Å². The minimum absolute atomic E-state index is 0.424. The molecule has 1 aromatic carbocycles. The van der Waals surface area contributed by atoms with Gasteiger partial charge < -0.3 is 5.32 Å². The lowest BCUT2D eigenvalue weighted by molar-refractivity contribution is -0.120. The van der Waals surface area contributed by atoms with E-state index in [9.17, 15) is 31.1 Å². The molecule has 5 nitrogen and oxygen atoms in total. The quantitative estimate of drug-likeness (QED) is 0.133. The number of hydrogen-bond acceptors (Lipinski definition) is 2. The maximum atomic E-state index is 14.2. The lowest BCUT2D eigenvalue weighted by Gasteiger charge is -2.22. The van der Waals surface area contributed by atoms with Crippen LogP contribution in [-0.4, -0.2) is 5.91 Å². The van der Waals surface area contributed by atoms with E-state index in [0.29, 0.717) is 6.08 Å². The summed E-state index contributed by atoms with van der Waals surface area (Å²) in [7, 11) is 0. The molecule has 11 heteroatoms. The van der Waals surface area contributed by atoms with Crippen LogP contribution in [0.2, 0.25) is 0 Å². The molecule has 1 aromatic rings. The van der Waals surface area contributed by atoms with E-state index >= 15 is 0 Å². The highest BCUT2D eigenvalue weighted by Gasteiger charge is 2.42. The molecule has 0 fully saturated rings. The van der Waals surface area contributed by atoms with Crippen molar-refractivity contribution in [1.29, 1.82) is 0 Å². The Morgan fingerprint density at radius 1 is 1.14 bits per heavy atom. The molecule has 0 heterocycles. The topological polar surface area (TPSA) is 77.9 Å². The van der Waals surface area contributed by atoms with Crippen LogP contribution in [0.4, 0.5) is 26.3 Å². The smallest absolute Gasteiger partial charge is 0.293 e. The van der Waals surface area contributed by atoms with E-state index < -0.39 is 46.5 Å². The molecule has 0 aliphatic carbocycles. The average Bonchev–Trinajstić information content (AvgIpc) is 2.43. The van der Waals surface area contributed by atoms with Crippen molar-refractivity contribution in [2.24, 2.45) is 5.11 Å². The van der Waals surface area contributed by atoms with Crippen LogP contribution in [0.1, 0.15) is 5.56 Å². The van der Waals surface area contributed by atoms with E-state index in [0.717, 1.165) is 5.32 Å². The highest BCUT2D eigenvalue weighted by atomic mass is 19.2. The Morgan fingerprint density at radius 2 is 1.57 bits per heavy atom. The van der Waals surface area contributed by atoms with Crippen LogP contribution in [0.25, 0.3) is 10.4 Å². The molecule has 1 atom stereocenters. The second-order valence-electron chi connectivity index (χ2n) is 3.45. The predicted octanol–water partition coefficient (Wildman–Crippen LogP) is 3.07. The summed E-state index contributed by atoms with van der Waals surface area (Å²) in [4.78, 5) is 12.8. The predicted molar refractivity (Wildman–Crippen MR) is 56.5 cm³/mol. The van der Waals surface area contributed by atoms with E-state index in [2.05, 4.69) is 11.7 Å². The number of alkyl halides is 1. The fourth-order valence-corrected chi connectivity index (χ4v) is 1.31. The summed E-state index contributed by atoms with van der Waals surface area (Å²) in [6, 6.07) is 0. The largest absolute Gasteiger partial charge is 0.312 e. The third kappa shape index (κ3) is 2.77. The first-order chi connectivity index (χ1) is 9.69. The molecule has 0 radical (unpaired) electrons. The number of carbonyl (C=O) groups is 1. The summed E-state index contributed by atoms with van der Waals surface area (Å²) in [5.74, 6) is -18.1. The van der Waals surface area contributed by atoms with E-state index in [1.165, 1.54) is 0 Å². The number of rotatable bonds is 4. The lowest BCUT2D eigenvalue weighted by Crippen LogP contribution is -2.41. The number of carbonyl (C=O) groups excluding carboxylic acids is 1. The Morgan fingerprint density at radius 3 is 1.95 bits per heavy atom. The standard InChI is InChI=1S/C10H4F6N4O/c1-2-3(21)18-10(16,19-20-17)4-5(11)7(13)9(15)8(14)6(4)12/h2H,1H2,(H,18,21). The third-order valence-electron chi connectivity index (χ3n) is 2.20. The molecule has 1 rings (SSSR count). The summed E-state index contributed by atoms with van der Waals surface area (Å²) in [5.41, 5.74) is 6.01. The van der Waals surface area contributed by atoms with E-state index in [1.54, 1.807) is 0 Å². The first-order valence-corrected chi connectivity index (χ1v) is 4.91. The molecule has 112 valence electrons. The van der Waals surface area contributed by atoms with Gasteiger partial charge in [0.15, 0.2) is 23.3 Å². The zero-order valence-corrected chi connectivity index (χ0v) is 9.80. The van der Waals surface area contributed by atoms with E-state index in [1.807, 2.05) is 4.91 Å². The molecular formula is C10H4F6N4O. The van der Waals surface area contributed by atoms with Gasteiger partial charge in [0.25, 0.3) is 5.92 Å². The SMILES string of the molecule is C=CC(=O)NC(F)(N=[N+]=[N-])c1c(F)c(F)c(F)c(F)c1F. The molecule has 0 saturated heterocycles. The first kappa shape index (κ1) is 16.4. The first-order valence-electron chi connectivity index (χ1n) is 4.91. The Bertz CT molecular complexity index is 643. The lowest BCUT2D eigenvalue weighted by atomic mass is 10.1. The summed E-state index contributed by atoms with van der Waals surface area (Å²) in [6.07, 6.45) is 0.424. The molecular weight excluding hydrogens is 306 g/mol. The molecule has 1 amide bonds. The number of hydrogen-bond donors (Lipinski definition) is 1. The van der Waals surface area contributed by atoms with Crippen LogP contribution in [0.5, 0.6) is 0 Å². The van der Waals surface area contributed by atoms with Gasteiger partial charge in [0.2, 0.25) is 11.7 Å². The molecule has 0 aliphatic heterocycles. The third-order valence-corrected chi connectivity index (χ3v) is 2.20. The van der Waals surface area contributed by atoms with Gasteiger partial charge in [-0.2, -0.15) is 0 Å². The fraction of sp³-hybridized carbons (Fsp3) is 0.100. The zero-order valence-electron chi connectivity index (χ0n) is 9.80. The highest BCUT2D eigenvalue weighted by molar-refractivity contribution is 5.87. The van der Waals surface area contributed by atoms with Crippen molar-refractivity contribution >= 4 is 5.91 Å². The fourth-order valence-electron chi connectivity index (χ4n) is 1.31. The van der Waals surface area contributed by atoms with Crippen LogP contribution >= 0.6 is 0 Å². The number of nitrogens with zero attached hydrogens (tertiary/aromatic N) is 3. The van der Waals surface area contributed by atoms with Gasteiger partial charge in [-0.15, -0.1) is 0 Å². The number of halogens is 6. The average molecular weight is 310 g/mol. The Kier molecular flexibility index (Phi) is 4.48. The molecule has 1 unspecified atom stereocenters. The molecule has 0 aliphatic rings. The zero-order chi connectivity index (χ0) is 16.4. The van der Waals surface area contributed by atoms with Crippen molar-refractivity contribution in [3.05, 3.63) is 57.7 Å². The molecule has 0 bridgehead atoms. The number of nitrogens with one attached hydrogen (secondary N) is 1. The summed E-state index contributed by atoms with van der Waals surface area (Å²) in [6.45, 7) is 2.88. The van der Waals surface area contributed by atoms with Crippen molar-refractivity contribution in [3.8, 4) is 0 Å². The van der Waals surface area contributed by atoms with Crippen molar-refractivity contribution in [2.45, 2.75) is 5.92 Å². The molecule has 0 spiro atoms. The Balaban J connectivity index is 3.71. The molecule has 1 N–H and O–H groups in total. The maximum Gasteiger partial charge on any atom is 0.293 e. The monoisotopic (exact) mass is 310 g/mol. The van der Waals surface area contributed by atoms with Crippen molar-refractivity contribution in [2.75, 3.05) is 0 Å². The summed E-state index contributed by atoms with van der Waals surface area (Å²) < 4.78 is 80.0. The molecule has 0 aromatic heterocycles. The maximum absolute atomic E-state index is 14.2.